The fraction of sp³-hybridized carbons (Fsp3) is 0.250. The van der Waals surface area contributed by atoms with Crippen molar-refractivity contribution in [3.8, 4) is 11.3 Å². The summed E-state index contributed by atoms with van der Waals surface area (Å²) in [6, 6.07) is 9.28. The summed E-state index contributed by atoms with van der Waals surface area (Å²) in [5.74, 6) is -0.0845. The number of halogens is 1. The Labute approximate surface area is 135 Å². The minimum atomic E-state index is -0.820. The third-order valence-corrected chi connectivity index (χ3v) is 5.10. The minimum Gasteiger partial charge on any atom is -0.480 e. The van der Waals surface area contributed by atoms with E-state index in [-0.39, 0.29) is 12.0 Å². The van der Waals surface area contributed by atoms with Crippen molar-refractivity contribution < 1.29 is 9.90 Å². The van der Waals surface area contributed by atoms with Crippen LogP contribution in [0.15, 0.2) is 47.0 Å². The van der Waals surface area contributed by atoms with Gasteiger partial charge in [-0.25, -0.2) is 9.48 Å². The summed E-state index contributed by atoms with van der Waals surface area (Å²) in [7, 11) is 0. The molecule has 0 bridgehead atoms. The Bertz CT molecular complexity index is 769. The molecule has 3 unspecified atom stereocenters. The highest BCUT2D eigenvalue weighted by atomic mass is 79.9. The van der Waals surface area contributed by atoms with E-state index >= 15 is 0 Å². The van der Waals surface area contributed by atoms with Gasteiger partial charge in [0.25, 0.3) is 0 Å². The molecule has 6 heteroatoms. The zero-order valence-corrected chi connectivity index (χ0v) is 13.2. The zero-order valence-electron chi connectivity index (χ0n) is 11.6. The molecule has 0 saturated heterocycles. The highest BCUT2D eigenvalue weighted by Crippen LogP contribution is 2.44. The quantitative estimate of drug-likeness (QED) is 0.807. The van der Waals surface area contributed by atoms with Crippen molar-refractivity contribution in [3.05, 3.63) is 47.0 Å². The van der Waals surface area contributed by atoms with E-state index in [0.29, 0.717) is 0 Å². The van der Waals surface area contributed by atoms with Gasteiger partial charge >= 0.3 is 5.97 Å². The van der Waals surface area contributed by atoms with Crippen LogP contribution < -0.4 is 5.32 Å². The Morgan fingerprint density at radius 2 is 2.14 bits per heavy atom. The number of allylic oxidation sites excluding steroid dienone is 2. The molecule has 0 spiro atoms. The van der Waals surface area contributed by atoms with E-state index in [4.69, 9.17) is 5.10 Å². The summed E-state index contributed by atoms with van der Waals surface area (Å²) in [5.41, 5.74) is 1.83. The maximum absolute atomic E-state index is 11.6. The van der Waals surface area contributed by atoms with Crippen LogP contribution in [0.5, 0.6) is 0 Å². The van der Waals surface area contributed by atoms with Crippen molar-refractivity contribution in [2.75, 3.05) is 5.32 Å². The van der Waals surface area contributed by atoms with E-state index in [1.54, 1.807) is 0 Å². The molecule has 2 heterocycles. The van der Waals surface area contributed by atoms with E-state index in [2.05, 4.69) is 27.3 Å². The molecule has 2 N–H and O–H groups in total. The van der Waals surface area contributed by atoms with E-state index in [1.165, 1.54) is 0 Å². The van der Waals surface area contributed by atoms with Gasteiger partial charge in [-0.2, -0.15) is 5.10 Å². The summed E-state index contributed by atoms with van der Waals surface area (Å²) in [5, 5.41) is 17.4. The molecule has 0 radical (unpaired) electrons. The smallest absolute Gasteiger partial charge is 0.326 e. The number of nitrogens with zero attached hydrogens (tertiary/aromatic N) is 2. The number of hydrogen-bond donors (Lipinski definition) is 2. The Hall–Kier alpha value is -2.08. The van der Waals surface area contributed by atoms with Gasteiger partial charge in [0.05, 0.1) is 10.5 Å². The molecular formula is C16H14BrN3O2. The lowest BCUT2D eigenvalue weighted by molar-refractivity contribution is -0.139. The van der Waals surface area contributed by atoms with Gasteiger partial charge in [0, 0.05) is 11.5 Å². The molecule has 2 aliphatic rings. The highest BCUT2D eigenvalue weighted by molar-refractivity contribution is 9.10. The second kappa shape index (κ2) is 4.98. The van der Waals surface area contributed by atoms with Crippen molar-refractivity contribution in [2.24, 2.45) is 5.92 Å². The largest absolute Gasteiger partial charge is 0.480 e. The number of aromatic nitrogens is 2. The molecule has 22 heavy (non-hydrogen) atoms. The summed E-state index contributed by atoms with van der Waals surface area (Å²) in [6.45, 7) is 0. The zero-order chi connectivity index (χ0) is 15.3. The summed E-state index contributed by atoms with van der Waals surface area (Å²) >= 11 is 3.58. The van der Waals surface area contributed by atoms with Crippen molar-refractivity contribution in [1.29, 1.82) is 0 Å². The second-order valence-corrected chi connectivity index (χ2v) is 6.39. The van der Waals surface area contributed by atoms with Gasteiger partial charge in [-0.1, -0.05) is 42.5 Å². The average molecular weight is 360 g/mol. The third kappa shape index (κ3) is 1.90. The van der Waals surface area contributed by atoms with Crippen LogP contribution in [0.1, 0.15) is 12.5 Å². The molecule has 0 fully saturated rings. The predicted molar refractivity (Wildman–Crippen MR) is 86.7 cm³/mol. The maximum atomic E-state index is 11.6. The number of aliphatic carboxylic acids is 1. The van der Waals surface area contributed by atoms with Crippen LogP contribution in [0.4, 0.5) is 5.82 Å². The van der Waals surface area contributed by atoms with Crippen LogP contribution in [0.3, 0.4) is 0 Å². The first-order chi connectivity index (χ1) is 10.7. The number of anilines is 1. The van der Waals surface area contributed by atoms with E-state index in [1.807, 2.05) is 41.1 Å². The first-order valence-electron chi connectivity index (χ1n) is 7.16. The average Bonchev–Trinajstić information content (AvgIpc) is 3.12. The summed E-state index contributed by atoms with van der Waals surface area (Å²) in [6.07, 6.45) is 4.85. The Morgan fingerprint density at radius 3 is 2.86 bits per heavy atom. The van der Waals surface area contributed by atoms with Gasteiger partial charge in [-0.05, 0) is 22.4 Å². The molecule has 112 valence electrons. The van der Waals surface area contributed by atoms with Gasteiger partial charge in [0.1, 0.15) is 17.6 Å². The summed E-state index contributed by atoms with van der Waals surface area (Å²) in [4.78, 5) is 11.6. The van der Waals surface area contributed by atoms with Crippen molar-refractivity contribution >= 4 is 27.7 Å². The van der Waals surface area contributed by atoms with Gasteiger partial charge < -0.3 is 10.4 Å². The Morgan fingerprint density at radius 1 is 1.36 bits per heavy atom. The maximum Gasteiger partial charge on any atom is 0.326 e. The molecule has 0 saturated carbocycles. The first-order valence-corrected chi connectivity index (χ1v) is 7.95. The standard InChI is InChI=1S/C16H14BrN3O2/c17-12-13(9-5-2-1-3-6-9)19-20-11-8-4-7-10(11)14(16(21)22)18-15(12)20/h1-6,8,10-11,14,18H,7H2,(H,21,22). The fourth-order valence-corrected chi connectivity index (χ4v) is 3.90. The number of carboxylic acids is 1. The first kappa shape index (κ1) is 13.6. The Balaban J connectivity index is 1.85. The van der Waals surface area contributed by atoms with Crippen LogP contribution in [0, 0.1) is 5.92 Å². The fourth-order valence-electron chi connectivity index (χ4n) is 3.29. The lowest BCUT2D eigenvalue weighted by atomic mass is 9.91. The molecular weight excluding hydrogens is 346 g/mol. The number of hydrogen-bond acceptors (Lipinski definition) is 3. The molecule has 1 aromatic heterocycles. The lowest BCUT2D eigenvalue weighted by Crippen LogP contribution is -2.44. The Kier molecular flexibility index (Phi) is 3.07. The van der Waals surface area contributed by atoms with Crippen LogP contribution >= 0.6 is 15.9 Å². The number of benzene rings is 1. The van der Waals surface area contributed by atoms with Crippen molar-refractivity contribution in [1.82, 2.24) is 9.78 Å². The van der Waals surface area contributed by atoms with Gasteiger partial charge in [-0.3, -0.25) is 0 Å². The van der Waals surface area contributed by atoms with Gasteiger partial charge in [0.15, 0.2) is 0 Å². The number of carboxylic acid groups (broad SMARTS) is 1. The molecule has 0 amide bonds. The molecule has 1 aromatic carbocycles. The molecule has 4 rings (SSSR count). The molecule has 5 nitrogen and oxygen atoms in total. The van der Waals surface area contributed by atoms with Crippen LogP contribution in [0.25, 0.3) is 11.3 Å². The van der Waals surface area contributed by atoms with Crippen LogP contribution in [-0.2, 0) is 4.79 Å². The minimum absolute atomic E-state index is 0.000392. The number of carbonyl (C=O) groups is 1. The lowest BCUT2D eigenvalue weighted by Gasteiger charge is -2.33. The number of rotatable bonds is 2. The van der Waals surface area contributed by atoms with Crippen LogP contribution in [-0.4, -0.2) is 26.9 Å². The summed E-state index contributed by atoms with van der Waals surface area (Å²) < 4.78 is 2.71. The highest BCUT2D eigenvalue weighted by Gasteiger charge is 2.42. The number of nitrogens with one attached hydrogen (secondary N) is 1. The van der Waals surface area contributed by atoms with E-state index in [0.717, 1.165) is 28.0 Å². The third-order valence-electron chi connectivity index (χ3n) is 4.35. The molecule has 1 aliphatic carbocycles. The predicted octanol–water partition coefficient (Wildman–Crippen LogP) is 3.31. The molecule has 2 aromatic rings. The SMILES string of the molecule is O=C(O)C1Nc2c(Br)c(-c3ccccc3)nn2C2C=CCC12. The molecule has 3 atom stereocenters. The monoisotopic (exact) mass is 359 g/mol. The van der Waals surface area contributed by atoms with Gasteiger partial charge in [-0.15, -0.1) is 0 Å². The second-order valence-electron chi connectivity index (χ2n) is 5.60. The van der Waals surface area contributed by atoms with Gasteiger partial charge in [0.2, 0.25) is 0 Å². The number of fused-ring (bicyclic) bond motifs is 3. The van der Waals surface area contributed by atoms with Crippen molar-refractivity contribution in [2.45, 2.75) is 18.5 Å². The topological polar surface area (TPSA) is 67.2 Å². The van der Waals surface area contributed by atoms with Crippen LogP contribution in [0.2, 0.25) is 0 Å². The van der Waals surface area contributed by atoms with E-state index in [9.17, 15) is 9.90 Å². The molecule has 1 aliphatic heterocycles. The van der Waals surface area contributed by atoms with Crippen molar-refractivity contribution in [3.63, 3.8) is 0 Å². The van der Waals surface area contributed by atoms with E-state index < -0.39 is 12.0 Å². The normalized spacial score (nSPS) is 25.4.